The molecule has 3 nitrogen and oxygen atoms in total. The zero-order valence-electron chi connectivity index (χ0n) is 12.0. The number of piperidine rings is 1. The molecule has 2 rings (SSSR count). The Morgan fingerprint density at radius 1 is 1.24 bits per heavy atom. The van der Waals surface area contributed by atoms with Gasteiger partial charge in [0.15, 0.2) is 0 Å². The monoisotopic (exact) mass is 239 g/mol. The number of hydrogen-bond donors (Lipinski definition) is 1. The molecule has 2 aliphatic heterocycles. The van der Waals surface area contributed by atoms with Crippen LogP contribution in [0.15, 0.2) is 0 Å². The zero-order chi connectivity index (χ0) is 12.5. The van der Waals surface area contributed by atoms with Gasteiger partial charge in [-0.3, -0.25) is 0 Å². The highest BCUT2D eigenvalue weighted by Crippen LogP contribution is 2.27. The minimum Gasteiger partial charge on any atom is -0.313 e. The molecule has 3 unspecified atom stereocenters. The van der Waals surface area contributed by atoms with Gasteiger partial charge >= 0.3 is 0 Å². The largest absolute Gasteiger partial charge is 0.313 e. The van der Waals surface area contributed by atoms with Crippen molar-refractivity contribution in [2.75, 3.05) is 46.8 Å². The Morgan fingerprint density at radius 3 is 2.65 bits per heavy atom. The molecule has 2 heterocycles. The summed E-state index contributed by atoms with van der Waals surface area (Å²) in [7, 11) is 4.33. The number of nitrogens with one attached hydrogen (secondary N) is 1. The van der Waals surface area contributed by atoms with Gasteiger partial charge in [0, 0.05) is 25.7 Å². The summed E-state index contributed by atoms with van der Waals surface area (Å²) in [5, 5.41) is 3.84. The summed E-state index contributed by atoms with van der Waals surface area (Å²) >= 11 is 0. The summed E-state index contributed by atoms with van der Waals surface area (Å²) in [5.41, 5.74) is 0.374. The molecule has 2 saturated heterocycles. The Morgan fingerprint density at radius 2 is 1.94 bits per heavy atom. The molecular formula is C14H29N3. The second-order valence-corrected chi connectivity index (χ2v) is 7.03. The predicted molar refractivity (Wildman–Crippen MR) is 73.3 cm³/mol. The third-order valence-electron chi connectivity index (χ3n) is 4.22. The smallest absolute Gasteiger partial charge is 0.0120 e. The minimum absolute atomic E-state index is 0.374. The fourth-order valence-corrected chi connectivity index (χ4v) is 3.54. The van der Waals surface area contributed by atoms with Gasteiger partial charge in [0.05, 0.1) is 0 Å². The molecule has 2 aliphatic rings. The SMILES string of the molecule is CN(C)CC(C)(C)CNC1CCN2CCC1C2. The highest BCUT2D eigenvalue weighted by Gasteiger charge is 2.34. The van der Waals surface area contributed by atoms with E-state index in [0.29, 0.717) is 5.41 Å². The fraction of sp³-hybridized carbons (Fsp3) is 1.00. The summed E-state index contributed by atoms with van der Waals surface area (Å²) in [4.78, 5) is 4.91. The van der Waals surface area contributed by atoms with Crippen LogP contribution in [0.25, 0.3) is 0 Å². The van der Waals surface area contributed by atoms with Crippen molar-refractivity contribution < 1.29 is 0 Å². The Hall–Kier alpha value is -0.120. The second-order valence-electron chi connectivity index (χ2n) is 7.03. The Kier molecular flexibility index (Phi) is 4.11. The Balaban J connectivity index is 1.77. The van der Waals surface area contributed by atoms with Gasteiger partial charge in [0.25, 0.3) is 0 Å². The molecule has 0 aliphatic carbocycles. The van der Waals surface area contributed by atoms with E-state index in [1.54, 1.807) is 0 Å². The van der Waals surface area contributed by atoms with Crippen LogP contribution in [0.5, 0.6) is 0 Å². The van der Waals surface area contributed by atoms with Gasteiger partial charge in [0.1, 0.15) is 0 Å². The van der Waals surface area contributed by atoms with E-state index >= 15 is 0 Å². The normalized spacial score (nSPS) is 33.4. The van der Waals surface area contributed by atoms with Crippen LogP contribution in [-0.4, -0.2) is 62.7 Å². The summed E-state index contributed by atoms with van der Waals surface area (Å²) < 4.78 is 0. The van der Waals surface area contributed by atoms with Crippen molar-refractivity contribution in [3.05, 3.63) is 0 Å². The number of nitrogens with zero attached hydrogens (tertiary/aromatic N) is 2. The third kappa shape index (κ3) is 3.67. The first-order valence-electron chi connectivity index (χ1n) is 7.07. The van der Waals surface area contributed by atoms with Crippen LogP contribution in [0.1, 0.15) is 26.7 Å². The molecule has 1 N–H and O–H groups in total. The first-order valence-corrected chi connectivity index (χ1v) is 7.07. The molecule has 17 heavy (non-hydrogen) atoms. The maximum absolute atomic E-state index is 3.84. The van der Waals surface area contributed by atoms with Gasteiger partial charge in [-0.1, -0.05) is 13.8 Å². The van der Waals surface area contributed by atoms with Gasteiger partial charge in [0.2, 0.25) is 0 Å². The highest BCUT2D eigenvalue weighted by molar-refractivity contribution is 4.91. The number of hydrogen-bond acceptors (Lipinski definition) is 3. The molecule has 0 aromatic rings. The van der Waals surface area contributed by atoms with Crippen LogP contribution in [0.4, 0.5) is 0 Å². The topological polar surface area (TPSA) is 18.5 Å². The number of fused-ring (bicyclic) bond motifs is 2. The summed E-state index contributed by atoms with van der Waals surface area (Å²) in [6.45, 7) is 11.0. The van der Waals surface area contributed by atoms with E-state index in [1.165, 1.54) is 32.5 Å². The number of rotatable bonds is 5. The molecule has 0 spiro atoms. The molecule has 0 radical (unpaired) electrons. The molecule has 0 aromatic heterocycles. The molecule has 3 atom stereocenters. The van der Waals surface area contributed by atoms with Crippen molar-refractivity contribution in [2.45, 2.75) is 32.7 Å². The lowest BCUT2D eigenvalue weighted by Gasteiger charge is -2.35. The Bertz CT molecular complexity index is 250. The Labute approximate surface area is 107 Å². The van der Waals surface area contributed by atoms with Gasteiger partial charge in [-0.05, 0) is 51.4 Å². The van der Waals surface area contributed by atoms with Gasteiger partial charge in [-0.25, -0.2) is 0 Å². The molecule has 0 saturated carbocycles. The first kappa shape index (κ1) is 13.3. The van der Waals surface area contributed by atoms with Crippen LogP contribution in [-0.2, 0) is 0 Å². The van der Waals surface area contributed by atoms with E-state index in [2.05, 4.69) is 43.1 Å². The zero-order valence-corrected chi connectivity index (χ0v) is 12.0. The van der Waals surface area contributed by atoms with E-state index in [0.717, 1.165) is 25.0 Å². The quantitative estimate of drug-likeness (QED) is 0.779. The molecular weight excluding hydrogens is 210 g/mol. The van der Waals surface area contributed by atoms with Crippen LogP contribution in [0, 0.1) is 11.3 Å². The molecule has 2 bridgehead atoms. The lowest BCUT2D eigenvalue weighted by atomic mass is 9.89. The highest BCUT2D eigenvalue weighted by atomic mass is 15.2. The average molecular weight is 239 g/mol. The van der Waals surface area contributed by atoms with Crippen molar-refractivity contribution in [1.29, 1.82) is 0 Å². The molecule has 2 fully saturated rings. The van der Waals surface area contributed by atoms with Gasteiger partial charge in [-0.15, -0.1) is 0 Å². The standard InChI is InChI=1S/C14H29N3/c1-14(2,11-16(3)4)10-15-13-6-8-17-7-5-12(13)9-17/h12-13,15H,5-11H2,1-4H3. The van der Waals surface area contributed by atoms with Crippen molar-refractivity contribution >= 4 is 0 Å². The van der Waals surface area contributed by atoms with E-state index in [-0.39, 0.29) is 0 Å². The molecule has 0 aromatic carbocycles. The van der Waals surface area contributed by atoms with E-state index < -0.39 is 0 Å². The van der Waals surface area contributed by atoms with Crippen LogP contribution < -0.4 is 5.32 Å². The second kappa shape index (κ2) is 5.25. The molecule has 3 heteroatoms. The van der Waals surface area contributed by atoms with Gasteiger partial charge < -0.3 is 15.1 Å². The predicted octanol–water partition coefficient (Wildman–Crippen LogP) is 1.26. The average Bonchev–Trinajstić information content (AvgIpc) is 2.58. The van der Waals surface area contributed by atoms with Crippen molar-refractivity contribution in [2.24, 2.45) is 11.3 Å². The maximum Gasteiger partial charge on any atom is 0.0120 e. The van der Waals surface area contributed by atoms with Crippen molar-refractivity contribution in [3.63, 3.8) is 0 Å². The summed E-state index contributed by atoms with van der Waals surface area (Å²) in [6.07, 6.45) is 2.76. The van der Waals surface area contributed by atoms with Crippen LogP contribution in [0.3, 0.4) is 0 Å². The third-order valence-corrected chi connectivity index (χ3v) is 4.22. The van der Waals surface area contributed by atoms with E-state index in [4.69, 9.17) is 0 Å². The van der Waals surface area contributed by atoms with Crippen molar-refractivity contribution in [3.8, 4) is 0 Å². The minimum atomic E-state index is 0.374. The molecule has 100 valence electrons. The van der Waals surface area contributed by atoms with E-state index in [1.807, 2.05) is 0 Å². The van der Waals surface area contributed by atoms with Crippen LogP contribution in [0.2, 0.25) is 0 Å². The lowest BCUT2D eigenvalue weighted by molar-refractivity contribution is 0.184. The van der Waals surface area contributed by atoms with Crippen LogP contribution >= 0.6 is 0 Å². The summed E-state index contributed by atoms with van der Waals surface area (Å²) in [5.74, 6) is 0.916. The summed E-state index contributed by atoms with van der Waals surface area (Å²) in [6, 6.07) is 0.773. The molecule has 0 amide bonds. The van der Waals surface area contributed by atoms with Gasteiger partial charge in [-0.2, -0.15) is 0 Å². The first-order chi connectivity index (χ1) is 7.96. The van der Waals surface area contributed by atoms with E-state index in [9.17, 15) is 0 Å². The maximum atomic E-state index is 3.84. The fourth-order valence-electron chi connectivity index (χ4n) is 3.54. The lowest BCUT2D eigenvalue weighted by Crippen LogP contribution is -2.48. The van der Waals surface area contributed by atoms with Crippen molar-refractivity contribution in [1.82, 2.24) is 15.1 Å².